The van der Waals surface area contributed by atoms with E-state index in [1.807, 2.05) is 13.8 Å². The van der Waals surface area contributed by atoms with Crippen LogP contribution < -0.4 is 10.6 Å². The lowest BCUT2D eigenvalue weighted by atomic mass is 10.1. The molecule has 0 spiro atoms. The van der Waals surface area contributed by atoms with Gasteiger partial charge >= 0.3 is 12.0 Å². The lowest BCUT2D eigenvalue weighted by molar-refractivity contribution is -0.141. The summed E-state index contributed by atoms with van der Waals surface area (Å²) in [6.45, 7) is 6.04. The number of hydrogen-bond acceptors (Lipinski definition) is 3. The van der Waals surface area contributed by atoms with Crippen molar-refractivity contribution < 1.29 is 19.4 Å². The number of urea groups is 1. The second-order valence-electron chi connectivity index (χ2n) is 4.73. The third-order valence-electron chi connectivity index (χ3n) is 2.24. The summed E-state index contributed by atoms with van der Waals surface area (Å²) in [6, 6.07) is -0.315. The first-order valence-electron chi connectivity index (χ1n) is 5.56. The van der Waals surface area contributed by atoms with Crippen molar-refractivity contribution in [2.75, 3.05) is 20.3 Å². The molecule has 0 rings (SSSR count). The monoisotopic (exact) mass is 246 g/mol. The first kappa shape index (κ1) is 15.7. The minimum absolute atomic E-state index is 0.315. The fourth-order valence-corrected chi connectivity index (χ4v) is 1.27. The van der Waals surface area contributed by atoms with Crippen molar-refractivity contribution in [2.24, 2.45) is 5.92 Å². The maximum absolute atomic E-state index is 11.5. The molecular formula is C11H22N2O4. The molecule has 1 unspecified atom stereocenters. The summed E-state index contributed by atoms with van der Waals surface area (Å²) in [5.41, 5.74) is -0.447. The summed E-state index contributed by atoms with van der Waals surface area (Å²) in [7, 11) is 1.57. The molecule has 0 bridgehead atoms. The average Bonchev–Trinajstić information content (AvgIpc) is 2.15. The topological polar surface area (TPSA) is 87.7 Å². The van der Waals surface area contributed by atoms with E-state index in [1.165, 1.54) is 0 Å². The molecule has 0 fully saturated rings. The fraction of sp³-hybridized carbons (Fsp3) is 0.818. The third-order valence-corrected chi connectivity index (χ3v) is 2.24. The standard InChI is InChI=1S/C11H22N2O4/c1-8(9(14)15)5-6-12-10(16)13-11(2,3)7-17-4/h8H,5-7H2,1-4H3,(H,14,15)(H2,12,13,16). The summed E-state index contributed by atoms with van der Waals surface area (Å²) in [6.07, 6.45) is 0.410. The van der Waals surface area contributed by atoms with Crippen LogP contribution in [0.4, 0.5) is 4.79 Å². The van der Waals surface area contributed by atoms with Crippen LogP contribution in [0.1, 0.15) is 27.2 Å². The third kappa shape index (κ3) is 7.57. The second kappa shape index (κ2) is 7.11. The van der Waals surface area contributed by atoms with E-state index in [4.69, 9.17) is 9.84 Å². The number of hydrogen-bond donors (Lipinski definition) is 3. The van der Waals surface area contributed by atoms with E-state index in [-0.39, 0.29) is 6.03 Å². The van der Waals surface area contributed by atoms with Crippen molar-refractivity contribution in [1.82, 2.24) is 10.6 Å². The number of carbonyl (C=O) groups is 2. The van der Waals surface area contributed by atoms with Gasteiger partial charge in [0, 0.05) is 13.7 Å². The predicted octanol–water partition coefficient (Wildman–Crippen LogP) is 0.821. The van der Waals surface area contributed by atoms with Crippen molar-refractivity contribution in [2.45, 2.75) is 32.7 Å². The van der Waals surface area contributed by atoms with E-state index in [2.05, 4.69) is 10.6 Å². The van der Waals surface area contributed by atoms with Crippen LogP contribution in [0.2, 0.25) is 0 Å². The van der Waals surface area contributed by atoms with Gasteiger partial charge in [0.15, 0.2) is 0 Å². The lowest BCUT2D eigenvalue weighted by Crippen LogP contribution is -2.51. The zero-order valence-corrected chi connectivity index (χ0v) is 10.9. The first-order valence-corrected chi connectivity index (χ1v) is 5.56. The number of aliphatic carboxylic acids is 1. The molecule has 0 aliphatic heterocycles. The largest absolute Gasteiger partial charge is 0.481 e. The number of nitrogens with one attached hydrogen (secondary N) is 2. The van der Waals surface area contributed by atoms with Gasteiger partial charge in [0.05, 0.1) is 18.1 Å². The van der Waals surface area contributed by atoms with Crippen LogP contribution in [0, 0.1) is 5.92 Å². The smallest absolute Gasteiger partial charge is 0.315 e. The Morgan fingerprint density at radius 1 is 1.41 bits per heavy atom. The van der Waals surface area contributed by atoms with E-state index in [9.17, 15) is 9.59 Å². The van der Waals surface area contributed by atoms with Crippen molar-refractivity contribution >= 4 is 12.0 Å². The Morgan fingerprint density at radius 2 is 2.00 bits per heavy atom. The number of rotatable bonds is 7. The van der Waals surface area contributed by atoms with Crippen LogP contribution in [-0.4, -0.2) is 42.9 Å². The molecular weight excluding hydrogens is 224 g/mol. The van der Waals surface area contributed by atoms with Crippen molar-refractivity contribution in [3.05, 3.63) is 0 Å². The number of carboxylic acids is 1. The molecule has 17 heavy (non-hydrogen) atoms. The quantitative estimate of drug-likeness (QED) is 0.620. The molecule has 6 heteroatoms. The Kier molecular flexibility index (Phi) is 6.57. The number of carbonyl (C=O) groups excluding carboxylic acids is 1. The maximum Gasteiger partial charge on any atom is 0.315 e. The molecule has 0 aliphatic carbocycles. The molecule has 3 N–H and O–H groups in total. The predicted molar refractivity (Wildman–Crippen MR) is 63.9 cm³/mol. The Balaban J connectivity index is 3.84. The van der Waals surface area contributed by atoms with Gasteiger partial charge in [-0.15, -0.1) is 0 Å². The molecule has 0 aromatic carbocycles. The van der Waals surface area contributed by atoms with Gasteiger partial charge < -0.3 is 20.5 Å². The van der Waals surface area contributed by atoms with Crippen LogP contribution in [0.5, 0.6) is 0 Å². The van der Waals surface area contributed by atoms with E-state index >= 15 is 0 Å². The van der Waals surface area contributed by atoms with Crippen LogP contribution >= 0.6 is 0 Å². The first-order chi connectivity index (χ1) is 7.78. The summed E-state index contributed by atoms with van der Waals surface area (Å²) in [5, 5.41) is 14.0. The van der Waals surface area contributed by atoms with Crippen molar-refractivity contribution in [1.29, 1.82) is 0 Å². The van der Waals surface area contributed by atoms with Crippen LogP contribution in [-0.2, 0) is 9.53 Å². The highest BCUT2D eigenvalue weighted by atomic mass is 16.5. The molecule has 0 aromatic rings. The maximum atomic E-state index is 11.5. The molecule has 6 nitrogen and oxygen atoms in total. The summed E-state index contributed by atoms with van der Waals surface area (Å²) in [5.74, 6) is -1.31. The van der Waals surface area contributed by atoms with Crippen molar-refractivity contribution in [3.8, 4) is 0 Å². The molecule has 100 valence electrons. The highest BCUT2D eigenvalue weighted by Crippen LogP contribution is 2.02. The van der Waals surface area contributed by atoms with Gasteiger partial charge in [-0.2, -0.15) is 0 Å². The average molecular weight is 246 g/mol. The summed E-state index contributed by atoms with van der Waals surface area (Å²) < 4.78 is 4.96. The van der Waals surface area contributed by atoms with E-state index in [0.717, 1.165) is 0 Å². The summed E-state index contributed by atoms with van der Waals surface area (Å²) >= 11 is 0. The highest BCUT2D eigenvalue weighted by molar-refractivity contribution is 5.74. The number of methoxy groups -OCH3 is 1. The lowest BCUT2D eigenvalue weighted by Gasteiger charge is -2.25. The van der Waals surface area contributed by atoms with Crippen LogP contribution in [0.25, 0.3) is 0 Å². The van der Waals surface area contributed by atoms with Gasteiger partial charge in [-0.1, -0.05) is 6.92 Å². The van der Waals surface area contributed by atoms with Gasteiger partial charge in [-0.3, -0.25) is 4.79 Å². The molecule has 1 atom stereocenters. The number of amides is 2. The molecule has 0 radical (unpaired) electrons. The minimum atomic E-state index is -0.855. The molecule has 0 saturated carbocycles. The Hall–Kier alpha value is -1.30. The van der Waals surface area contributed by atoms with E-state index in [0.29, 0.717) is 19.6 Å². The normalized spacial score (nSPS) is 12.9. The van der Waals surface area contributed by atoms with E-state index in [1.54, 1.807) is 14.0 Å². The molecule has 2 amide bonds. The number of ether oxygens (including phenoxy) is 1. The van der Waals surface area contributed by atoms with Gasteiger partial charge in [0.25, 0.3) is 0 Å². The van der Waals surface area contributed by atoms with Gasteiger partial charge in [-0.25, -0.2) is 4.79 Å². The second-order valence-corrected chi connectivity index (χ2v) is 4.73. The fourth-order valence-electron chi connectivity index (χ4n) is 1.27. The molecule has 0 heterocycles. The van der Waals surface area contributed by atoms with Crippen LogP contribution in [0.3, 0.4) is 0 Å². The zero-order chi connectivity index (χ0) is 13.5. The Morgan fingerprint density at radius 3 is 2.47 bits per heavy atom. The van der Waals surface area contributed by atoms with Gasteiger partial charge in [0.1, 0.15) is 0 Å². The van der Waals surface area contributed by atoms with Crippen molar-refractivity contribution in [3.63, 3.8) is 0 Å². The molecule has 0 aromatic heterocycles. The zero-order valence-electron chi connectivity index (χ0n) is 10.9. The van der Waals surface area contributed by atoms with E-state index < -0.39 is 17.4 Å². The Bertz CT molecular complexity index is 266. The van der Waals surface area contributed by atoms with Crippen LogP contribution in [0.15, 0.2) is 0 Å². The number of carboxylic acid groups (broad SMARTS) is 1. The molecule has 0 aliphatic rings. The minimum Gasteiger partial charge on any atom is -0.481 e. The van der Waals surface area contributed by atoms with Gasteiger partial charge in [-0.05, 0) is 20.3 Å². The van der Waals surface area contributed by atoms with Gasteiger partial charge in [0.2, 0.25) is 0 Å². The SMILES string of the molecule is COCC(C)(C)NC(=O)NCCC(C)C(=O)O. The summed E-state index contributed by atoms with van der Waals surface area (Å²) in [4.78, 5) is 22.0. The molecule has 0 saturated heterocycles. The Labute approximate surface area is 102 Å². The highest BCUT2D eigenvalue weighted by Gasteiger charge is 2.20.